The number of rotatable bonds is 6. The summed E-state index contributed by atoms with van der Waals surface area (Å²) in [4.78, 5) is 1.68. The van der Waals surface area contributed by atoms with Gasteiger partial charge in [-0.1, -0.05) is 12.1 Å². The normalized spacial score (nSPS) is 13.1. The Morgan fingerprint density at radius 2 is 1.96 bits per heavy atom. The highest BCUT2D eigenvalue weighted by molar-refractivity contribution is 9.10. The van der Waals surface area contributed by atoms with Crippen molar-refractivity contribution in [3.8, 4) is 0 Å². The second-order valence-electron chi connectivity index (χ2n) is 4.98. The van der Waals surface area contributed by atoms with Crippen LogP contribution in [0.15, 0.2) is 68.6 Å². The van der Waals surface area contributed by atoms with Gasteiger partial charge in [0.25, 0.3) is 0 Å². The quantitative estimate of drug-likeness (QED) is 0.628. The molecule has 5 nitrogen and oxygen atoms in total. The summed E-state index contributed by atoms with van der Waals surface area (Å²) in [6, 6.07) is 13.6. The number of aliphatic hydroxyl groups excluding tert-OH is 1. The van der Waals surface area contributed by atoms with Crippen LogP contribution in [0.3, 0.4) is 0 Å². The zero-order chi connectivity index (χ0) is 17.2. The summed E-state index contributed by atoms with van der Waals surface area (Å²) >= 11 is 4.57. The lowest BCUT2D eigenvalue weighted by atomic mass is 10.2. The van der Waals surface area contributed by atoms with Crippen LogP contribution in [0.4, 0.5) is 0 Å². The summed E-state index contributed by atoms with van der Waals surface area (Å²) in [5, 5.41) is 10.2. The van der Waals surface area contributed by atoms with Crippen molar-refractivity contribution in [2.45, 2.75) is 17.5 Å². The van der Waals surface area contributed by atoms with Crippen LogP contribution >= 0.6 is 27.3 Å². The SMILES string of the molecule is O=S(=O)(NCc1ccc(C(O)c2ccco2)s1)c1ccccc1Br. The van der Waals surface area contributed by atoms with Gasteiger partial charge in [-0.15, -0.1) is 11.3 Å². The Balaban J connectivity index is 1.71. The summed E-state index contributed by atoms with van der Waals surface area (Å²) < 4.78 is 33.0. The highest BCUT2D eigenvalue weighted by Crippen LogP contribution is 2.29. The van der Waals surface area contributed by atoms with Gasteiger partial charge in [-0.3, -0.25) is 0 Å². The Kier molecular flexibility index (Phi) is 5.21. The standard InChI is InChI=1S/C16H14BrNO4S2/c17-12-4-1-2-6-15(12)24(20,21)18-10-11-7-8-14(23-11)16(19)13-5-3-9-22-13/h1-9,16,18-19H,10H2. The molecule has 0 bridgehead atoms. The number of nitrogens with one attached hydrogen (secondary N) is 1. The number of aliphatic hydroxyl groups is 1. The summed E-state index contributed by atoms with van der Waals surface area (Å²) in [6.45, 7) is 0.152. The summed E-state index contributed by atoms with van der Waals surface area (Å²) in [7, 11) is -3.61. The van der Waals surface area contributed by atoms with Crippen LogP contribution in [0.25, 0.3) is 0 Å². The van der Waals surface area contributed by atoms with Gasteiger partial charge in [-0.2, -0.15) is 0 Å². The van der Waals surface area contributed by atoms with Crippen LogP contribution in [-0.4, -0.2) is 13.5 Å². The number of halogens is 1. The van der Waals surface area contributed by atoms with E-state index in [0.717, 1.165) is 4.88 Å². The van der Waals surface area contributed by atoms with E-state index in [9.17, 15) is 13.5 Å². The molecule has 0 aliphatic heterocycles. The van der Waals surface area contributed by atoms with Crippen LogP contribution < -0.4 is 4.72 Å². The molecule has 0 amide bonds. The lowest BCUT2D eigenvalue weighted by molar-refractivity contribution is 0.193. The second kappa shape index (κ2) is 7.20. The molecule has 3 aromatic rings. The summed E-state index contributed by atoms with van der Waals surface area (Å²) in [6.07, 6.45) is 0.650. The van der Waals surface area contributed by atoms with Gasteiger partial charge < -0.3 is 9.52 Å². The van der Waals surface area contributed by atoms with E-state index in [-0.39, 0.29) is 11.4 Å². The Hall–Kier alpha value is -1.45. The van der Waals surface area contributed by atoms with Crippen LogP contribution in [0.1, 0.15) is 21.6 Å². The Bertz CT molecular complexity index is 919. The van der Waals surface area contributed by atoms with Gasteiger partial charge >= 0.3 is 0 Å². The van der Waals surface area contributed by atoms with E-state index in [1.54, 1.807) is 42.5 Å². The molecule has 0 fully saturated rings. The molecule has 0 aliphatic rings. The number of sulfonamides is 1. The summed E-state index contributed by atoms with van der Waals surface area (Å²) in [5.74, 6) is 0.456. The number of furan rings is 1. The van der Waals surface area contributed by atoms with Gasteiger partial charge in [0.15, 0.2) is 0 Å². The van der Waals surface area contributed by atoms with Gasteiger partial charge in [-0.05, 0) is 52.3 Å². The minimum atomic E-state index is -3.61. The van der Waals surface area contributed by atoms with Crippen LogP contribution in [0.5, 0.6) is 0 Å². The van der Waals surface area contributed by atoms with Gasteiger partial charge in [0, 0.05) is 20.8 Å². The fraction of sp³-hybridized carbons (Fsp3) is 0.125. The maximum Gasteiger partial charge on any atom is 0.242 e. The first-order chi connectivity index (χ1) is 11.5. The molecular weight excluding hydrogens is 414 g/mol. The molecule has 8 heteroatoms. The molecule has 0 radical (unpaired) electrons. The first-order valence-corrected chi connectivity index (χ1v) is 10.1. The van der Waals surface area contributed by atoms with Crippen molar-refractivity contribution in [3.05, 3.63) is 74.8 Å². The first-order valence-electron chi connectivity index (χ1n) is 7.01. The average molecular weight is 428 g/mol. The van der Waals surface area contributed by atoms with Crippen LogP contribution in [0.2, 0.25) is 0 Å². The molecule has 0 saturated carbocycles. The number of hydrogen-bond donors (Lipinski definition) is 2. The highest BCUT2D eigenvalue weighted by atomic mass is 79.9. The molecule has 2 aromatic heterocycles. The third-order valence-electron chi connectivity index (χ3n) is 3.33. The maximum atomic E-state index is 12.4. The van der Waals surface area contributed by atoms with Crippen molar-refractivity contribution in [1.29, 1.82) is 0 Å². The zero-order valence-electron chi connectivity index (χ0n) is 12.3. The molecule has 2 heterocycles. The van der Waals surface area contributed by atoms with Crippen molar-refractivity contribution in [2.75, 3.05) is 0 Å². The van der Waals surface area contributed by atoms with Crippen LogP contribution in [0, 0.1) is 0 Å². The van der Waals surface area contributed by atoms with E-state index in [1.165, 1.54) is 23.7 Å². The maximum absolute atomic E-state index is 12.4. The van der Waals surface area contributed by atoms with E-state index in [0.29, 0.717) is 15.1 Å². The molecule has 1 aromatic carbocycles. The topological polar surface area (TPSA) is 79.5 Å². The predicted octanol–water partition coefficient (Wildman–Crippen LogP) is 3.66. The number of benzene rings is 1. The number of thiophene rings is 1. The van der Waals surface area contributed by atoms with E-state index in [2.05, 4.69) is 20.7 Å². The third kappa shape index (κ3) is 3.79. The molecule has 0 saturated heterocycles. The lowest BCUT2D eigenvalue weighted by Gasteiger charge is -2.07. The molecule has 3 rings (SSSR count). The van der Waals surface area contributed by atoms with Crippen LogP contribution in [-0.2, 0) is 16.6 Å². The minimum Gasteiger partial charge on any atom is -0.466 e. The predicted molar refractivity (Wildman–Crippen MR) is 95.3 cm³/mol. The lowest BCUT2D eigenvalue weighted by Crippen LogP contribution is -2.23. The van der Waals surface area contributed by atoms with E-state index in [1.807, 2.05) is 0 Å². The van der Waals surface area contributed by atoms with E-state index in [4.69, 9.17) is 4.42 Å². The molecule has 126 valence electrons. The summed E-state index contributed by atoms with van der Waals surface area (Å²) in [5.41, 5.74) is 0. The zero-order valence-corrected chi connectivity index (χ0v) is 15.6. The molecule has 24 heavy (non-hydrogen) atoms. The smallest absolute Gasteiger partial charge is 0.242 e. The first kappa shape index (κ1) is 17.4. The second-order valence-corrected chi connectivity index (χ2v) is 8.77. The van der Waals surface area contributed by atoms with E-state index >= 15 is 0 Å². The Morgan fingerprint density at radius 3 is 2.67 bits per heavy atom. The molecule has 0 spiro atoms. The van der Waals surface area contributed by atoms with Gasteiger partial charge in [0.2, 0.25) is 10.0 Å². The number of hydrogen-bond acceptors (Lipinski definition) is 5. The van der Waals surface area contributed by atoms with Gasteiger partial charge in [-0.25, -0.2) is 13.1 Å². The highest BCUT2D eigenvalue weighted by Gasteiger charge is 2.19. The molecule has 0 aliphatic carbocycles. The Labute approximate surface area is 152 Å². The van der Waals surface area contributed by atoms with Crippen molar-refractivity contribution in [1.82, 2.24) is 4.72 Å². The van der Waals surface area contributed by atoms with Gasteiger partial charge in [0.1, 0.15) is 11.9 Å². The van der Waals surface area contributed by atoms with Crippen molar-refractivity contribution < 1.29 is 17.9 Å². The van der Waals surface area contributed by atoms with Crippen molar-refractivity contribution in [3.63, 3.8) is 0 Å². The monoisotopic (exact) mass is 427 g/mol. The van der Waals surface area contributed by atoms with Crippen molar-refractivity contribution in [2.24, 2.45) is 0 Å². The fourth-order valence-corrected chi connectivity index (χ4v) is 5.18. The largest absolute Gasteiger partial charge is 0.466 e. The Morgan fingerprint density at radius 1 is 1.17 bits per heavy atom. The molecule has 1 unspecified atom stereocenters. The van der Waals surface area contributed by atoms with Crippen molar-refractivity contribution >= 4 is 37.3 Å². The minimum absolute atomic E-state index is 0.152. The third-order valence-corrected chi connectivity index (χ3v) is 6.88. The van der Waals surface area contributed by atoms with Gasteiger partial charge in [0.05, 0.1) is 11.2 Å². The molecule has 2 N–H and O–H groups in total. The fourth-order valence-electron chi connectivity index (χ4n) is 2.13. The average Bonchev–Trinajstić information content (AvgIpc) is 3.24. The van der Waals surface area contributed by atoms with E-state index < -0.39 is 16.1 Å². The molecule has 1 atom stereocenters. The molecular formula is C16H14BrNO4S2.